The van der Waals surface area contributed by atoms with E-state index in [4.69, 9.17) is 23.2 Å². The molecule has 7 nitrogen and oxygen atoms in total. The number of rotatable bonds is 5. The van der Waals surface area contributed by atoms with Gasteiger partial charge in [-0.05, 0) is 36.4 Å². The number of aromatic carboxylic acids is 1. The third-order valence-corrected chi connectivity index (χ3v) is 5.05. The van der Waals surface area contributed by atoms with Crippen molar-refractivity contribution in [2.75, 3.05) is 5.32 Å². The summed E-state index contributed by atoms with van der Waals surface area (Å²) in [7, 11) is 0. The number of anilines is 1. The Kier molecular flexibility index (Phi) is 5.70. The van der Waals surface area contributed by atoms with Crippen LogP contribution in [0.25, 0.3) is 16.9 Å². The van der Waals surface area contributed by atoms with Gasteiger partial charge in [-0.15, -0.1) is 0 Å². The first-order chi connectivity index (χ1) is 14.9. The minimum Gasteiger partial charge on any atom is -0.476 e. The molecule has 4 rings (SSSR count). The zero-order valence-corrected chi connectivity index (χ0v) is 17.3. The number of hydrogen-bond donors (Lipinski definition) is 2. The van der Waals surface area contributed by atoms with E-state index in [9.17, 15) is 14.7 Å². The number of amides is 1. The molecule has 0 saturated carbocycles. The monoisotopic (exact) mass is 452 g/mol. The predicted molar refractivity (Wildman–Crippen MR) is 118 cm³/mol. The maximum atomic E-state index is 13.0. The van der Waals surface area contributed by atoms with Gasteiger partial charge in [0.05, 0.1) is 27.0 Å². The normalized spacial score (nSPS) is 10.6. The largest absolute Gasteiger partial charge is 0.476 e. The van der Waals surface area contributed by atoms with E-state index in [1.807, 2.05) is 6.07 Å². The van der Waals surface area contributed by atoms with Gasteiger partial charge in [0.25, 0.3) is 5.91 Å². The van der Waals surface area contributed by atoms with Gasteiger partial charge < -0.3 is 10.4 Å². The highest BCUT2D eigenvalue weighted by atomic mass is 35.5. The Morgan fingerprint density at radius 2 is 1.71 bits per heavy atom. The third kappa shape index (κ3) is 4.28. The molecule has 0 aliphatic rings. The number of benzene rings is 2. The lowest BCUT2D eigenvalue weighted by molar-refractivity contribution is 0.0689. The van der Waals surface area contributed by atoms with E-state index in [-0.39, 0.29) is 22.1 Å². The van der Waals surface area contributed by atoms with Crippen LogP contribution in [0.15, 0.2) is 72.9 Å². The Morgan fingerprint density at radius 1 is 0.935 bits per heavy atom. The minimum absolute atomic E-state index is 0.179. The lowest BCUT2D eigenvalue weighted by Crippen LogP contribution is -2.15. The number of carboxylic acids is 1. The first kappa shape index (κ1) is 20.6. The Bertz CT molecular complexity index is 1290. The minimum atomic E-state index is -1.21. The van der Waals surface area contributed by atoms with E-state index < -0.39 is 11.9 Å². The summed E-state index contributed by atoms with van der Waals surface area (Å²) in [6, 6.07) is 18.4. The van der Waals surface area contributed by atoms with E-state index >= 15 is 0 Å². The summed E-state index contributed by atoms with van der Waals surface area (Å²) in [6.45, 7) is 0. The van der Waals surface area contributed by atoms with Crippen LogP contribution >= 0.6 is 23.2 Å². The predicted octanol–water partition coefficient (Wildman–Crippen LogP) is 5.19. The fourth-order valence-electron chi connectivity index (χ4n) is 2.97. The molecule has 2 aromatic carbocycles. The van der Waals surface area contributed by atoms with Crippen LogP contribution in [0.4, 0.5) is 5.82 Å². The van der Waals surface area contributed by atoms with Crippen LogP contribution in [-0.4, -0.2) is 31.7 Å². The molecule has 2 aromatic heterocycles. The van der Waals surface area contributed by atoms with E-state index in [1.54, 1.807) is 60.8 Å². The van der Waals surface area contributed by atoms with Crippen LogP contribution in [0.2, 0.25) is 10.0 Å². The number of aromatic nitrogens is 3. The van der Waals surface area contributed by atoms with Crippen molar-refractivity contribution in [1.29, 1.82) is 0 Å². The summed E-state index contributed by atoms with van der Waals surface area (Å²) in [5, 5.41) is 16.7. The van der Waals surface area contributed by atoms with Gasteiger partial charge in [-0.25, -0.2) is 9.48 Å². The highest BCUT2D eigenvalue weighted by Crippen LogP contribution is 2.29. The first-order valence-corrected chi connectivity index (χ1v) is 9.80. The van der Waals surface area contributed by atoms with E-state index in [0.717, 1.165) is 0 Å². The lowest BCUT2D eigenvalue weighted by atomic mass is 10.1. The molecule has 2 N–H and O–H groups in total. The molecule has 0 fully saturated rings. The summed E-state index contributed by atoms with van der Waals surface area (Å²) < 4.78 is 1.34. The van der Waals surface area contributed by atoms with Gasteiger partial charge in [-0.3, -0.25) is 9.78 Å². The molecule has 2 heterocycles. The van der Waals surface area contributed by atoms with Crippen LogP contribution in [0.3, 0.4) is 0 Å². The number of carboxylic acid groups (broad SMARTS) is 1. The molecule has 0 atom stereocenters. The average Bonchev–Trinajstić information content (AvgIpc) is 3.19. The van der Waals surface area contributed by atoms with E-state index in [1.165, 1.54) is 10.7 Å². The third-order valence-electron chi connectivity index (χ3n) is 4.41. The van der Waals surface area contributed by atoms with Gasteiger partial charge in [-0.2, -0.15) is 5.10 Å². The summed E-state index contributed by atoms with van der Waals surface area (Å²) >= 11 is 12.5. The number of carbonyl (C=O) groups is 2. The zero-order valence-electron chi connectivity index (χ0n) is 15.8. The second-order valence-electron chi connectivity index (χ2n) is 6.45. The molecule has 9 heteroatoms. The molecular formula is C22H14Cl2N4O3. The van der Waals surface area contributed by atoms with Gasteiger partial charge in [0.2, 0.25) is 0 Å². The first-order valence-electron chi connectivity index (χ1n) is 9.04. The van der Waals surface area contributed by atoms with Crippen LogP contribution in [0, 0.1) is 0 Å². The van der Waals surface area contributed by atoms with Crippen LogP contribution in [0.1, 0.15) is 20.8 Å². The van der Waals surface area contributed by atoms with Crippen LogP contribution < -0.4 is 5.32 Å². The smallest absolute Gasteiger partial charge is 0.356 e. The van der Waals surface area contributed by atoms with E-state index in [2.05, 4.69) is 15.4 Å². The highest BCUT2D eigenvalue weighted by Gasteiger charge is 2.19. The van der Waals surface area contributed by atoms with Crippen molar-refractivity contribution in [2.24, 2.45) is 0 Å². The summed E-state index contributed by atoms with van der Waals surface area (Å²) in [6.07, 6.45) is 1.60. The van der Waals surface area contributed by atoms with Crippen molar-refractivity contribution in [3.05, 3.63) is 94.2 Å². The van der Waals surface area contributed by atoms with Gasteiger partial charge >= 0.3 is 5.97 Å². The second kappa shape index (κ2) is 8.59. The van der Waals surface area contributed by atoms with Gasteiger partial charge in [0.1, 0.15) is 5.82 Å². The molecule has 0 aliphatic heterocycles. The number of hydrogen-bond acceptors (Lipinski definition) is 4. The molecule has 0 aliphatic carbocycles. The highest BCUT2D eigenvalue weighted by molar-refractivity contribution is 6.35. The molecule has 1 amide bonds. The average molecular weight is 453 g/mol. The Balaban J connectivity index is 1.72. The molecule has 0 saturated heterocycles. The van der Waals surface area contributed by atoms with Gasteiger partial charge in [0, 0.05) is 17.8 Å². The molecular weight excluding hydrogens is 439 g/mol. The Hall–Kier alpha value is -3.68. The summed E-state index contributed by atoms with van der Waals surface area (Å²) in [4.78, 5) is 28.7. The number of nitrogens with one attached hydrogen (secondary N) is 1. The molecule has 0 unspecified atom stereocenters. The Labute approximate surface area is 186 Å². The van der Waals surface area contributed by atoms with Gasteiger partial charge in [-0.1, -0.05) is 47.5 Å². The fourth-order valence-corrected chi connectivity index (χ4v) is 3.40. The van der Waals surface area contributed by atoms with Crippen LogP contribution in [-0.2, 0) is 0 Å². The topological polar surface area (TPSA) is 97.1 Å². The maximum absolute atomic E-state index is 13.0. The SMILES string of the molecule is O=C(O)c1cc(NC(=O)c2cc(-c3ncccc3Cl)ccc2Cl)n(-c2ccccc2)n1. The number of pyridine rings is 1. The van der Waals surface area contributed by atoms with Crippen molar-refractivity contribution in [2.45, 2.75) is 0 Å². The van der Waals surface area contributed by atoms with Gasteiger partial charge in [0.15, 0.2) is 5.69 Å². The number of carbonyl (C=O) groups excluding carboxylic acids is 1. The summed E-state index contributed by atoms with van der Waals surface area (Å²) in [5.74, 6) is -1.56. The standard InChI is InChI=1S/C22H14Cl2N4O3/c23-16-9-8-13(20-17(24)7-4-10-25-20)11-15(16)21(29)26-19-12-18(22(30)31)27-28(19)14-5-2-1-3-6-14/h1-12H,(H,26,29)(H,30,31). The molecule has 0 radical (unpaired) electrons. The van der Waals surface area contributed by atoms with Crippen molar-refractivity contribution in [3.8, 4) is 16.9 Å². The second-order valence-corrected chi connectivity index (χ2v) is 7.26. The molecule has 31 heavy (non-hydrogen) atoms. The molecule has 4 aromatic rings. The molecule has 0 bridgehead atoms. The van der Waals surface area contributed by atoms with Crippen LogP contribution in [0.5, 0.6) is 0 Å². The maximum Gasteiger partial charge on any atom is 0.356 e. The quantitative estimate of drug-likeness (QED) is 0.434. The van der Waals surface area contributed by atoms with Crippen molar-refractivity contribution < 1.29 is 14.7 Å². The van der Waals surface area contributed by atoms with Crippen molar-refractivity contribution in [3.63, 3.8) is 0 Å². The molecule has 154 valence electrons. The Morgan fingerprint density at radius 3 is 2.42 bits per heavy atom. The van der Waals surface area contributed by atoms with Crippen molar-refractivity contribution in [1.82, 2.24) is 14.8 Å². The number of nitrogens with zero attached hydrogens (tertiary/aromatic N) is 3. The number of halogens is 2. The van der Waals surface area contributed by atoms with E-state index in [0.29, 0.717) is 22.0 Å². The molecule has 0 spiro atoms. The zero-order chi connectivity index (χ0) is 22.0. The fraction of sp³-hybridized carbons (Fsp3) is 0. The summed E-state index contributed by atoms with van der Waals surface area (Å²) in [5.41, 5.74) is 1.68. The lowest BCUT2D eigenvalue weighted by Gasteiger charge is -2.11. The number of para-hydroxylation sites is 1. The van der Waals surface area contributed by atoms with Crippen molar-refractivity contribution >= 4 is 40.9 Å².